The van der Waals surface area contributed by atoms with Crippen molar-refractivity contribution in [1.29, 1.82) is 0 Å². The van der Waals surface area contributed by atoms with Gasteiger partial charge in [0.05, 0.1) is 0 Å². The minimum Gasteiger partial charge on any atom is -0.273 e. The fourth-order valence-corrected chi connectivity index (χ4v) is 1.54. The molecule has 1 N–H and O–H groups in total. The van der Waals surface area contributed by atoms with E-state index in [1.54, 1.807) is 24.3 Å². The Morgan fingerprint density at radius 3 is 2.60 bits per heavy atom. The summed E-state index contributed by atoms with van der Waals surface area (Å²) in [7, 11) is 0. The predicted octanol–water partition coefficient (Wildman–Crippen LogP) is 0.954. The summed E-state index contributed by atoms with van der Waals surface area (Å²) in [6, 6.07) is 8.87. The Hall–Kier alpha value is -1.84. The Labute approximate surface area is 87.9 Å². The molecule has 78 valence electrons. The van der Waals surface area contributed by atoms with Crippen LogP contribution in [-0.4, -0.2) is 23.4 Å². The van der Waals surface area contributed by atoms with E-state index in [0.29, 0.717) is 18.5 Å². The van der Waals surface area contributed by atoms with Crippen LogP contribution in [0.15, 0.2) is 30.3 Å². The number of nitrogens with one attached hydrogen (secondary N) is 1. The molecule has 1 fully saturated rings. The second-order valence-corrected chi connectivity index (χ2v) is 3.46. The second-order valence-electron chi connectivity index (χ2n) is 3.46. The van der Waals surface area contributed by atoms with Gasteiger partial charge in [0.25, 0.3) is 5.91 Å². The highest BCUT2D eigenvalue weighted by atomic mass is 16.2. The number of rotatable bonds is 2. The number of carbonyl (C=O) groups is 2. The van der Waals surface area contributed by atoms with Gasteiger partial charge in [-0.2, -0.15) is 0 Å². The number of hydrogen-bond donors (Lipinski definition) is 1. The molecule has 15 heavy (non-hydrogen) atoms. The lowest BCUT2D eigenvalue weighted by molar-refractivity contribution is -0.129. The normalized spacial score (nSPS) is 15.5. The van der Waals surface area contributed by atoms with Crippen molar-refractivity contribution in [2.45, 2.75) is 12.8 Å². The van der Waals surface area contributed by atoms with Crippen LogP contribution in [-0.2, 0) is 4.79 Å². The van der Waals surface area contributed by atoms with Crippen LogP contribution in [0.5, 0.6) is 0 Å². The van der Waals surface area contributed by atoms with Gasteiger partial charge >= 0.3 is 0 Å². The molecular formula is C11H12N2O2. The average Bonchev–Trinajstić information content (AvgIpc) is 2.66. The van der Waals surface area contributed by atoms with Crippen molar-refractivity contribution < 1.29 is 9.59 Å². The van der Waals surface area contributed by atoms with Gasteiger partial charge in [0, 0.05) is 18.5 Å². The van der Waals surface area contributed by atoms with Gasteiger partial charge in [0.15, 0.2) is 0 Å². The number of benzene rings is 1. The van der Waals surface area contributed by atoms with Crippen LogP contribution >= 0.6 is 0 Å². The molecule has 1 aliphatic rings. The highest BCUT2D eigenvalue weighted by molar-refractivity contribution is 5.95. The van der Waals surface area contributed by atoms with E-state index in [4.69, 9.17) is 0 Å². The van der Waals surface area contributed by atoms with E-state index < -0.39 is 0 Å². The van der Waals surface area contributed by atoms with E-state index in [-0.39, 0.29) is 11.8 Å². The highest BCUT2D eigenvalue weighted by Crippen LogP contribution is 2.07. The predicted molar refractivity (Wildman–Crippen MR) is 54.9 cm³/mol. The Kier molecular flexibility index (Phi) is 2.67. The van der Waals surface area contributed by atoms with E-state index >= 15 is 0 Å². The van der Waals surface area contributed by atoms with Crippen molar-refractivity contribution in [2.24, 2.45) is 0 Å². The summed E-state index contributed by atoms with van der Waals surface area (Å²) in [5, 5.41) is 1.38. The summed E-state index contributed by atoms with van der Waals surface area (Å²) < 4.78 is 0. The molecule has 0 saturated carbocycles. The Bertz CT molecular complexity index is 375. The molecule has 0 unspecified atom stereocenters. The zero-order valence-corrected chi connectivity index (χ0v) is 8.27. The maximum absolute atomic E-state index is 11.6. The molecule has 1 heterocycles. The zero-order chi connectivity index (χ0) is 10.7. The topological polar surface area (TPSA) is 49.4 Å². The fraction of sp³-hybridized carbons (Fsp3) is 0.273. The first kappa shape index (κ1) is 9.71. The van der Waals surface area contributed by atoms with Crippen LogP contribution in [0.25, 0.3) is 0 Å². The van der Waals surface area contributed by atoms with Gasteiger partial charge in [0.2, 0.25) is 5.91 Å². The molecule has 2 rings (SSSR count). The molecule has 4 heteroatoms. The van der Waals surface area contributed by atoms with Crippen molar-refractivity contribution in [3.63, 3.8) is 0 Å². The molecule has 1 aromatic carbocycles. The highest BCUT2D eigenvalue weighted by Gasteiger charge is 2.22. The molecule has 0 aliphatic carbocycles. The molecule has 1 aromatic rings. The molecule has 2 amide bonds. The van der Waals surface area contributed by atoms with E-state index in [1.807, 2.05) is 6.07 Å². The maximum atomic E-state index is 11.6. The summed E-state index contributed by atoms with van der Waals surface area (Å²) in [5.74, 6) is -0.245. The Morgan fingerprint density at radius 1 is 1.27 bits per heavy atom. The largest absolute Gasteiger partial charge is 0.273 e. The minimum absolute atomic E-state index is 0.0146. The van der Waals surface area contributed by atoms with Gasteiger partial charge in [0.1, 0.15) is 0 Å². The van der Waals surface area contributed by atoms with Gasteiger partial charge in [-0.25, -0.2) is 0 Å². The summed E-state index contributed by atoms with van der Waals surface area (Å²) in [6.07, 6.45) is 1.34. The number of amides is 2. The van der Waals surface area contributed by atoms with Crippen molar-refractivity contribution in [3.05, 3.63) is 35.9 Å². The lowest BCUT2D eigenvalue weighted by atomic mass is 10.2. The molecule has 4 nitrogen and oxygen atoms in total. The van der Waals surface area contributed by atoms with Crippen molar-refractivity contribution >= 4 is 11.8 Å². The average molecular weight is 204 g/mol. The zero-order valence-electron chi connectivity index (χ0n) is 8.27. The molecule has 0 bridgehead atoms. The Balaban J connectivity index is 2.01. The SMILES string of the molecule is O=C(NN1CCCC1=O)c1ccccc1. The Morgan fingerprint density at radius 2 is 2.00 bits per heavy atom. The summed E-state index contributed by atoms with van der Waals surface area (Å²) >= 11 is 0. The van der Waals surface area contributed by atoms with E-state index in [1.165, 1.54) is 5.01 Å². The lowest BCUT2D eigenvalue weighted by Crippen LogP contribution is -2.42. The molecule has 0 radical (unpaired) electrons. The van der Waals surface area contributed by atoms with Crippen molar-refractivity contribution in [1.82, 2.24) is 10.4 Å². The maximum Gasteiger partial charge on any atom is 0.269 e. The van der Waals surface area contributed by atoms with Crippen LogP contribution < -0.4 is 5.43 Å². The van der Waals surface area contributed by atoms with E-state index in [0.717, 1.165) is 6.42 Å². The number of hydrazine groups is 1. The smallest absolute Gasteiger partial charge is 0.269 e. The third kappa shape index (κ3) is 2.15. The fourth-order valence-electron chi connectivity index (χ4n) is 1.54. The van der Waals surface area contributed by atoms with Crippen LogP contribution in [0.1, 0.15) is 23.2 Å². The first-order valence-electron chi connectivity index (χ1n) is 4.94. The molecule has 0 spiro atoms. The molecule has 1 saturated heterocycles. The quantitative estimate of drug-likeness (QED) is 0.779. The van der Waals surface area contributed by atoms with Gasteiger partial charge in [-0.05, 0) is 18.6 Å². The van der Waals surface area contributed by atoms with E-state index in [2.05, 4.69) is 5.43 Å². The first-order valence-corrected chi connectivity index (χ1v) is 4.94. The first-order chi connectivity index (χ1) is 7.27. The summed E-state index contributed by atoms with van der Waals surface area (Å²) in [5.41, 5.74) is 3.16. The monoisotopic (exact) mass is 204 g/mol. The van der Waals surface area contributed by atoms with Gasteiger partial charge in [-0.15, -0.1) is 0 Å². The third-order valence-corrected chi connectivity index (χ3v) is 2.35. The molecule has 1 aliphatic heterocycles. The third-order valence-electron chi connectivity index (χ3n) is 2.35. The standard InChI is InChI=1S/C11H12N2O2/c14-10-7-4-8-13(10)12-11(15)9-5-2-1-3-6-9/h1-3,5-6H,4,7-8H2,(H,12,15). The summed E-state index contributed by atoms with van der Waals surface area (Å²) in [4.78, 5) is 22.9. The molecule has 0 aromatic heterocycles. The molecule has 0 atom stereocenters. The van der Waals surface area contributed by atoms with Crippen LogP contribution in [0, 0.1) is 0 Å². The number of nitrogens with zero attached hydrogens (tertiary/aromatic N) is 1. The lowest BCUT2D eigenvalue weighted by Gasteiger charge is -2.16. The minimum atomic E-state index is -0.231. The van der Waals surface area contributed by atoms with Crippen LogP contribution in [0.3, 0.4) is 0 Å². The van der Waals surface area contributed by atoms with Crippen molar-refractivity contribution in [2.75, 3.05) is 6.54 Å². The van der Waals surface area contributed by atoms with Crippen LogP contribution in [0.4, 0.5) is 0 Å². The summed E-state index contributed by atoms with van der Waals surface area (Å²) in [6.45, 7) is 0.609. The van der Waals surface area contributed by atoms with E-state index in [9.17, 15) is 9.59 Å². The molecular weight excluding hydrogens is 192 g/mol. The van der Waals surface area contributed by atoms with Crippen LogP contribution in [0.2, 0.25) is 0 Å². The van der Waals surface area contributed by atoms with Crippen molar-refractivity contribution in [3.8, 4) is 0 Å². The van der Waals surface area contributed by atoms with Gasteiger partial charge < -0.3 is 0 Å². The number of carbonyl (C=O) groups excluding carboxylic acids is 2. The van der Waals surface area contributed by atoms with Gasteiger partial charge in [-0.3, -0.25) is 20.0 Å². The number of hydrogen-bond acceptors (Lipinski definition) is 2. The van der Waals surface area contributed by atoms with Gasteiger partial charge in [-0.1, -0.05) is 18.2 Å². The second kappa shape index (κ2) is 4.13.